The molecule has 0 bridgehead atoms. The van der Waals surface area contributed by atoms with E-state index in [2.05, 4.69) is 181 Å². The van der Waals surface area contributed by atoms with Crippen LogP contribution in [-0.4, -0.2) is 0 Å². The summed E-state index contributed by atoms with van der Waals surface area (Å²) in [6, 6.07) is 63.8. The van der Waals surface area contributed by atoms with Crippen LogP contribution in [0.25, 0.3) is 64.0 Å². The van der Waals surface area contributed by atoms with E-state index in [4.69, 9.17) is 0 Å². The van der Waals surface area contributed by atoms with E-state index in [0.29, 0.717) is 0 Å². The summed E-state index contributed by atoms with van der Waals surface area (Å²) < 4.78 is 2.68. The van der Waals surface area contributed by atoms with Gasteiger partial charge in [-0.15, -0.1) is 11.3 Å². The van der Waals surface area contributed by atoms with Crippen molar-refractivity contribution in [1.29, 1.82) is 0 Å². The van der Waals surface area contributed by atoms with E-state index in [9.17, 15) is 0 Å². The van der Waals surface area contributed by atoms with Gasteiger partial charge in [-0.3, -0.25) is 0 Å². The number of hydrogen-bond donors (Lipinski definition) is 0. The average molecular weight is 604 g/mol. The van der Waals surface area contributed by atoms with Crippen molar-refractivity contribution in [3.63, 3.8) is 0 Å². The fourth-order valence-corrected chi connectivity index (χ4v) is 8.12. The third kappa shape index (κ3) is 4.46. The first kappa shape index (κ1) is 26.7. The van der Waals surface area contributed by atoms with Crippen LogP contribution in [0.4, 0.5) is 17.1 Å². The van der Waals surface area contributed by atoms with Crippen molar-refractivity contribution in [3.05, 3.63) is 176 Å². The summed E-state index contributed by atoms with van der Waals surface area (Å²) >= 11 is 1.89. The number of para-hydroxylation sites is 1. The average Bonchev–Trinajstić information content (AvgIpc) is 3.52. The van der Waals surface area contributed by atoms with Crippen molar-refractivity contribution < 1.29 is 0 Å². The van der Waals surface area contributed by atoms with Crippen molar-refractivity contribution in [2.24, 2.45) is 0 Å². The quantitative estimate of drug-likeness (QED) is 0.189. The van der Waals surface area contributed by atoms with Gasteiger partial charge < -0.3 is 4.90 Å². The van der Waals surface area contributed by atoms with Gasteiger partial charge in [-0.2, -0.15) is 0 Å². The Morgan fingerprint density at radius 3 is 1.91 bits per heavy atom. The first-order valence-electron chi connectivity index (χ1n) is 15.7. The van der Waals surface area contributed by atoms with Crippen LogP contribution in [0, 0.1) is 0 Å². The molecule has 9 rings (SSSR count). The molecule has 0 radical (unpaired) electrons. The molecule has 0 aliphatic rings. The number of benzene rings is 8. The highest BCUT2D eigenvalue weighted by Gasteiger charge is 2.18. The molecule has 0 spiro atoms. The molecule has 0 saturated carbocycles. The first-order chi connectivity index (χ1) is 22.8. The number of nitrogens with zero attached hydrogens (tertiary/aromatic N) is 1. The topological polar surface area (TPSA) is 3.24 Å². The number of fused-ring (bicyclic) bond motifs is 6. The molecule has 1 nitrogen and oxygen atoms in total. The summed E-state index contributed by atoms with van der Waals surface area (Å²) in [4.78, 5) is 2.39. The van der Waals surface area contributed by atoms with Gasteiger partial charge in [0.15, 0.2) is 0 Å². The Morgan fingerprint density at radius 1 is 0.391 bits per heavy atom. The lowest BCUT2D eigenvalue weighted by atomic mass is 9.97. The van der Waals surface area contributed by atoms with Gasteiger partial charge in [-0.05, 0) is 74.6 Å². The summed E-state index contributed by atoms with van der Waals surface area (Å²) in [6.07, 6.45) is 0. The van der Waals surface area contributed by atoms with E-state index in [1.807, 2.05) is 11.3 Å². The molecule has 0 fully saturated rings. The second-order valence-corrected chi connectivity index (χ2v) is 12.8. The molecule has 0 saturated heterocycles. The monoisotopic (exact) mass is 603 g/mol. The molecule has 2 heteroatoms. The molecule has 0 aliphatic carbocycles. The summed E-state index contributed by atoms with van der Waals surface area (Å²) in [5, 5.41) is 7.74. The number of thiophene rings is 1. The standard InChI is InChI=1S/C44H29NS/c1-2-12-31(13-3-1)37-16-8-9-19-41(37)45(36-27-21-30-11-4-5-15-34(30)29-36)35-25-22-33(23-26-35)38-18-10-20-42-43(38)40-28-24-32-14-6-7-17-39(32)44(40)46-42/h1-29H. The van der Waals surface area contributed by atoms with Crippen molar-refractivity contribution >= 4 is 70.1 Å². The molecule has 0 aliphatic heterocycles. The summed E-state index contributed by atoms with van der Waals surface area (Å²) in [5.41, 5.74) is 8.29. The van der Waals surface area contributed by atoms with E-state index in [0.717, 1.165) is 17.1 Å². The summed E-state index contributed by atoms with van der Waals surface area (Å²) in [7, 11) is 0. The van der Waals surface area contributed by atoms with Gasteiger partial charge >= 0.3 is 0 Å². The zero-order valence-electron chi connectivity index (χ0n) is 25.1. The largest absolute Gasteiger partial charge is 0.310 e. The normalized spacial score (nSPS) is 11.5. The number of anilines is 3. The smallest absolute Gasteiger partial charge is 0.0540 e. The van der Waals surface area contributed by atoms with Gasteiger partial charge in [0, 0.05) is 37.1 Å². The minimum Gasteiger partial charge on any atom is -0.310 e. The van der Waals surface area contributed by atoms with Crippen LogP contribution in [-0.2, 0) is 0 Å². The molecule has 0 N–H and O–H groups in total. The van der Waals surface area contributed by atoms with Crippen molar-refractivity contribution in [2.75, 3.05) is 4.90 Å². The van der Waals surface area contributed by atoms with Gasteiger partial charge in [-0.1, -0.05) is 140 Å². The maximum absolute atomic E-state index is 2.39. The van der Waals surface area contributed by atoms with Gasteiger partial charge in [0.2, 0.25) is 0 Å². The van der Waals surface area contributed by atoms with E-state index in [1.54, 1.807) is 0 Å². The summed E-state index contributed by atoms with van der Waals surface area (Å²) in [5.74, 6) is 0. The predicted octanol–water partition coefficient (Wildman–Crippen LogP) is 13.2. The highest BCUT2D eigenvalue weighted by Crippen LogP contribution is 2.45. The molecule has 0 amide bonds. The van der Waals surface area contributed by atoms with Gasteiger partial charge in [0.05, 0.1) is 5.69 Å². The fraction of sp³-hybridized carbons (Fsp3) is 0. The zero-order chi connectivity index (χ0) is 30.5. The van der Waals surface area contributed by atoms with Crippen LogP contribution in [0.2, 0.25) is 0 Å². The second-order valence-electron chi connectivity index (χ2n) is 11.7. The third-order valence-corrected chi connectivity index (χ3v) is 10.2. The molecule has 0 atom stereocenters. The molecule has 0 unspecified atom stereocenters. The molecule has 9 aromatic rings. The molecule has 1 heterocycles. The molecule has 216 valence electrons. The fourth-order valence-electron chi connectivity index (χ4n) is 6.86. The molecular weight excluding hydrogens is 575 g/mol. The van der Waals surface area contributed by atoms with Crippen LogP contribution in [0.5, 0.6) is 0 Å². The maximum Gasteiger partial charge on any atom is 0.0540 e. The Bertz CT molecular complexity index is 2530. The molecule has 46 heavy (non-hydrogen) atoms. The Kier molecular flexibility index (Phi) is 6.40. The molecular formula is C44H29NS. The minimum atomic E-state index is 1.12. The van der Waals surface area contributed by atoms with Crippen LogP contribution < -0.4 is 4.90 Å². The Hall–Kier alpha value is -5.70. The molecule has 8 aromatic carbocycles. The second kappa shape index (κ2) is 11.0. The number of hydrogen-bond acceptors (Lipinski definition) is 2. The van der Waals surface area contributed by atoms with Crippen molar-refractivity contribution in [2.45, 2.75) is 0 Å². The lowest BCUT2D eigenvalue weighted by Gasteiger charge is -2.28. The number of rotatable bonds is 5. The molecule has 1 aromatic heterocycles. The summed E-state index contributed by atoms with van der Waals surface area (Å²) in [6.45, 7) is 0. The van der Waals surface area contributed by atoms with Crippen molar-refractivity contribution in [3.8, 4) is 22.3 Å². The maximum atomic E-state index is 2.39. The highest BCUT2D eigenvalue weighted by atomic mass is 32.1. The Labute approximate surface area is 272 Å². The van der Waals surface area contributed by atoms with E-state index < -0.39 is 0 Å². The lowest BCUT2D eigenvalue weighted by molar-refractivity contribution is 1.29. The minimum absolute atomic E-state index is 1.12. The van der Waals surface area contributed by atoms with Crippen LogP contribution in [0.15, 0.2) is 176 Å². The van der Waals surface area contributed by atoms with E-state index in [1.165, 1.54) is 64.0 Å². The highest BCUT2D eigenvalue weighted by molar-refractivity contribution is 7.26. The van der Waals surface area contributed by atoms with E-state index in [-0.39, 0.29) is 0 Å². The van der Waals surface area contributed by atoms with Gasteiger partial charge in [0.25, 0.3) is 0 Å². The zero-order valence-corrected chi connectivity index (χ0v) is 25.9. The van der Waals surface area contributed by atoms with Crippen molar-refractivity contribution in [1.82, 2.24) is 0 Å². The van der Waals surface area contributed by atoms with Crippen LogP contribution in [0.3, 0.4) is 0 Å². The SMILES string of the molecule is c1ccc(-c2ccccc2N(c2ccc(-c3cccc4sc5c6ccccc6ccc5c34)cc2)c2ccc3ccccc3c2)cc1. The van der Waals surface area contributed by atoms with Crippen LogP contribution in [0.1, 0.15) is 0 Å². The van der Waals surface area contributed by atoms with Crippen LogP contribution >= 0.6 is 11.3 Å². The Morgan fingerprint density at radius 2 is 1.04 bits per heavy atom. The van der Waals surface area contributed by atoms with Gasteiger partial charge in [0.1, 0.15) is 0 Å². The predicted molar refractivity (Wildman–Crippen MR) is 200 cm³/mol. The van der Waals surface area contributed by atoms with Gasteiger partial charge in [-0.25, -0.2) is 0 Å². The first-order valence-corrected chi connectivity index (χ1v) is 16.5. The Balaban J connectivity index is 1.21. The third-order valence-electron chi connectivity index (χ3n) is 9.04. The lowest BCUT2D eigenvalue weighted by Crippen LogP contribution is -2.11. The van der Waals surface area contributed by atoms with E-state index >= 15 is 0 Å².